The lowest BCUT2D eigenvalue weighted by Crippen LogP contribution is -2.44. The Bertz CT molecular complexity index is 1270. The lowest BCUT2D eigenvalue weighted by Gasteiger charge is -2.43. The van der Waals surface area contributed by atoms with E-state index < -0.39 is 23.8 Å². The average Bonchev–Trinajstić information content (AvgIpc) is 3.52. The number of thiazole rings is 1. The number of aliphatic carboxylic acids is 1. The summed E-state index contributed by atoms with van der Waals surface area (Å²) >= 11 is 2.87. The summed E-state index contributed by atoms with van der Waals surface area (Å²) in [6.45, 7) is 1.40. The number of hydrogen-bond donors (Lipinski definition) is 2. The smallest absolute Gasteiger partial charge is 0.326 e. The number of fused-ring (bicyclic) bond motifs is 9. The summed E-state index contributed by atoms with van der Waals surface area (Å²) in [5.41, 5.74) is 2.19. The van der Waals surface area contributed by atoms with Crippen LogP contribution in [0, 0.1) is 29.6 Å². The van der Waals surface area contributed by atoms with Gasteiger partial charge >= 0.3 is 10.8 Å². The zero-order valence-corrected chi connectivity index (χ0v) is 20.6. The highest BCUT2D eigenvalue weighted by atomic mass is 32.2. The number of likely N-dealkylation sites (tertiary alicyclic amines) is 1. The van der Waals surface area contributed by atoms with Crippen molar-refractivity contribution < 1.29 is 19.5 Å². The van der Waals surface area contributed by atoms with Crippen LogP contribution >= 0.6 is 23.1 Å². The van der Waals surface area contributed by atoms with Gasteiger partial charge in [0, 0.05) is 35.8 Å². The molecule has 8 atom stereocenters. The third-order valence-electron chi connectivity index (χ3n) is 8.27. The summed E-state index contributed by atoms with van der Waals surface area (Å²) in [6.07, 6.45) is 0.788. The number of aromatic nitrogens is 1. The van der Waals surface area contributed by atoms with E-state index in [9.17, 15) is 24.3 Å². The first-order valence-corrected chi connectivity index (χ1v) is 13.1. The molecule has 3 heterocycles. The summed E-state index contributed by atoms with van der Waals surface area (Å²) in [4.78, 5) is 57.6. The average molecular weight is 500 g/mol. The standard InChI is InChI=1S/C24H25N3O5S2/c1-9(23(30)31)27-21(28)16-12-8-13(17(16)22(27)29)18-15(12)14(19-20(33-18)25-24(32)34-19)10-4-6-11(7-5-10)26(2)3/h4-7,9,12-18H,8H2,1-3H3,(H,25,32)(H,30,31)/t9-,12+,13+,14-,15+,16-,17+,18-/m1/s1. The van der Waals surface area contributed by atoms with Gasteiger partial charge in [0.05, 0.1) is 16.9 Å². The molecule has 2 bridgehead atoms. The van der Waals surface area contributed by atoms with E-state index in [0.29, 0.717) is 0 Å². The molecule has 1 aromatic heterocycles. The first kappa shape index (κ1) is 21.9. The Balaban J connectivity index is 1.43. The number of amides is 2. The molecule has 3 fully saturated rings. The molecule has 8 nitrogen and oxygen atoms in total. The molecule has 6 rings (SSSR count). The first-order valence-electron chi connectivity index (χ1n) is 11.5. The minimum absolute atomic E-state index is 0.00690. The summed E-state index contributed by atoms with van der Waals surface area (Å²) in [5, 5.41) is 10.4. The molecule has 2 aliphatic carbocycles. The predicted octanol–water partition coefficient (Wildman–Crippen LogP) is 2.45. The summed E-state index contributed by atoms with van der Waals surface area (Å²) in [5.74, 6) is -2.73. The number of nitrogens with zero attached hydrogens (tertiary/aromatic N) is 2. The van der Waals surface area contributed by atoms with Crippen LogP contribution in [0.4, 0.5) is 5.69 Å². The molecule has 4 aliphatic rings. The molecule has 0 unspecified atom stereocenters. The van der Waals surface area contributed by atoms with E-state index in [0.717, 1.165) is 32.5 Å². The van der Waals surface area contributed by atoms with Crippen LogP contribution in [0.3, 0.4) is 0 Å². The largest absolute Gasteiger partial charge is 0.480 e. The van der Waals surface area contributed by atoms with Crippen LogP contribution in [-0.4, -0.2) is 58.2 Å². The number of carboxylic acids is 1. The molecular formula is C24H25N3O5S2. The Morgan fingerprint density at radius 1 is 1.12 bits per heavy atom. The molecule has 2 aromatic rings. The maximum atomic E-state index is 13.4. The van der Waals surface area contributed by atoms with Crippen molar-refractivity contribution in [3.8, 4) is 0 Å². The molecule has 0 spiro atoms. The first-order chi connectivity index (χ1) is 16.2. The van der Waals surface area contributed by atoms with Gasteiger partial charge in [0.25, 0.3) is 0 Å². The van der Waals surface area contributed by atoms with Gasteiger partial charge in [-0.3, -0.25) is 19.3 Å². The molecular weight excluding hydrogens is 474 g/mol. The maximum Gasteiger partial charge on any atom is 0.326 e. The fraction of sp³-hybridized carbons (Fsp3) is 0.500. The minimum Gasteiger partial charge on any atom is -0.480 e. The number of imide groups is 1. The quantitative estimate of drug-likeness (QED) is 0.622. The zero-order chi connectivity index (χ0) is 24.0. The van der Waals surface area contributed by atoms with Crippen molar-refractivity contribution in [2.75, 3.05) is 19.0 Å². The molecule has 2 N–H and O–H groups in total. The van der Waals surface area contributed by atoms with Crippen molar-refractivity contribution in [2.45, 2.75) is 35.6 Å². The summed E-state index contributed by atoms with van der Waals surface area (Å²) in [6, 6.07) is 7.18. The van der Waals surface area contributed by atoms with Gasteiger partial charge in [0.1, 0.15) is 6.04 Å². The van der Waals surface area contributed by atoms with Crippen molar-refractivity contribution in [1.29, 1.82) is 0 Å². The number of carbonyl (C=O) groups is 3. The van der Waals surface area contributed by atoms with Gasteiger partial charge < -0.3 is 15.0 Å². The third-order valence-corrected chi connectivity index (χ3v) is 10.9. The monoisotopic (exact) mass is 499 g/mol. The lowest BCUT2D eigenvalue weighted by molar-refractivity contribution is -0.154. The molecule has 2 amide bonds. The number of anilines is 1. The van der Waals surface area contributed by atoms with Crippen LogP contribution in [0.5, 0.6) is 0 Å². The van der Waals surface area contributed by atoms with Crippen molar-refractivity contribution in [1.82, 2.24) is 9.88 Å². The Morgan fingerprint density at radius 3 is 2.38 bits per heavy atom. The van der Waals surface area contributed by atoms with Gasteiger partial charge in [-0.05, 0) is 48.8 Å². The number of H-pyrrole nitrogens is 1. The Labute approximate surface area is 204 Å². The van der Waals surface area contributed by atoms with E-state index in [-0.39, 0.29) is 45.6 Å². The number of carboxylic acid groups (broad SMARTS) is 1. The van der Waals surface area contributed by atoms with Crippen molar-refractivity contribution >= 4 is 46.6 Å². The van der Waals surface area contributed by atoms with E-state index in [2.05, 4.69) is 29.2 Å². The van der Waals surface area contributed by atoms with Crippen LogP contribution in [-0.2, 0) is 14.4 Å². The van der Waals surface area contributed by atoms with Crippen molar-refractivity contribution in [3.63, 3.8) is 0 Å². The normalized spacial score (nSPS) is 34.1. The second-order valence-electron chi connectivity index (χ2n) is 10.0. The molecule has 1 aromatic carbocycles. The number of carbonyl (C=O) groups excluding carboxylic acids is 2. The fourth-order valence-electron chi connectivity index (χ4n) is 6.89. The highest BCUT2D eigenvalue weighted by molar-refractivity contribution is 8.00. The highest BCUT2D eigenvalue weighted by Crippen LogP contribution is 2.68. The van der Waals surface area contributed by atoms with Gasteiger partial charge in [-0.15, -0.1) is 11.8 Å². The van der Waals surface area contributed by atoms with Gasteiger partial charge in [-0.1, -0.05) is 23.5 Å². The number of nitrogens with one attached hydrogen (secondary N) is 1. The predicted molar refractivity (Wildman–Crippen MR) is 128 cm³/mol. The third kappa shape index (κ3) is 2.84. The van der Waals surface area contributed by atoms with E-state index in [1.807, 2.05) is 19.0 Å². The lowest BCUT2D eigenvalue weighted by atomic mass is 9.68. The van der Waals surface area contributed by atoms with E-state index in [1.165, 1.54) is 18.3 Å². The SMILES string of the molecule is C[C@H](C(=O)O)N1C(=O)[C@@H]2[C@H]3C[C@H]([C@H]4Sc5[nH]c(=O)sc5[C@H](c5ccc(N(C)C)cc5)[C@H]34)[C@@H]2C1=O. The van der Waals surface area contributed by atoms with Gasteiger partial charge in [-0.25, -0.2) is 4.79 Å². The molecule has 34 heavy (non-hydrogen) atoms. The van der Waals surface area contributed by atoms with E-state index >= 15 is 0 Å². The second kappa shape index (κ2) is 7.45. The number of benzene rings is 1. The van der Waals surface area contributed by atoms with Gasteiger partial charge in [-0.2, -0.15) is 0 Å². The Kier molecular flexibility index (Phi) is 4.80. The van der Waals surface area contributed by atoms with Crippen LogP contribution in [0.1, 0.15) is 29.7 Å². The number of rotatable bonds is 4. The molecule has 2 aliphatic heterocycles. The molecule has 178 valence electrons. The van der Waals surface area contributed by atoms with Crippen LogP contribution in [0.25, 0.3) is 0 Å². The van der Waals surface area contributed by atoms with Crippen LogP contribution in [0.2, 0.25) is 0 Å². The van der Waals surface area contributed by atoms with E-state index in [1.54, 1.807) is 11.8 Å². The Morgan fingerprint density at radius 2 is 1.76 bits per heavy atom. The highest BCUT2D eigenvalue weighted by Gasteiger charge is 2.70. The summed E-state index contributed by atoms with van der Waals surface area (Å²) < 4.78 is 0. The molecule has 10 heteroatoms. The van der Waals surface area contributed by atoms with E-state index in [4.69, 9.17) is 0 Å². The summed E-state index contributed by atoms with van der Waals surface area (Å²) in [7, 11) is 3.97. The second-order valence-corrected chi connectivity index (χ2v) is 12.2. The van der Waals surface area contributed by atoms with Crippen molar-refractivity contribution in [3.05, 3.63) is 44.4 Å². The molecule has 2 saturated carbocycles. The van der Waals surface area contributed by atoms with Gasteiger partial charge in [0.15, 0.2) is 0 Å². The minimum atomic E-state index is -1.17. The molecule has 1 saturated heterocycles. The van der Waals surface area contributed by atoms with Crippen LogP contribution < -0.4 is 9.77 Å². The fourth-order valence-corrected chi connectivity index (χ4v) is 9.77. The number of aromatic amines is 1. The van der Waals surface area contributed by atoms with Crippen molar-refractivity contribution in [2.24, 2.45) is 29.6 Å². The Hall–Kier alpha value is -2.59. The zero-order valence-electron chi connectivity index (χ0n) is 18.9. The van der Waals surface area contributed by atoms with Crippen LogP contribution in [0.15, 0.2) is 34.1 Å². The maximum absolute atomic E-state index is 13.4. The van der Waals surface area contributed by atoms with Gasteiger partial charge in [0.2, 0.25) is 11.8 Å². The number of hydrogen-bond acceptors (Lipinski definition) is 7. The number of thioether (sulfide) groups is 1. The molecule has 0 radical (unpaired) electrons. The topological polar surface area (TPSA) is 111 Å².